The molecule has 0 spiro atoms. The zero-order chi connectivity index (χ0) is 10.7. The van der Waals surface area contributed by atoms with Crippen molar-refractivity contribution in [1.29, 1.82) is 0 Å². The van der Waals surface area contributed by atoms with Crippen LogP contribution in [-0.2, 0) is 9.47 Å². The van der Waals surface area contributed by atoms with Crippen LogP contribution in [0.5, 0.6) is 0 Å². The summed E-state index contributed by atoms with van der Waals surface area (Å²) in [5.41, 5.74) is 6.35. The van der Waals surface area contributed by atoms with Gasteiger partial charge in [0.2, 0.25) is 0 Å². The molecular weight excluding hydrogens is 192 g/mol. The summed E-state index contributed by atoms with van der Waals surface area (Å²) >= 11 is 0. The molecule has 0 aromatic carbocycles. The van der Waals surface area contributed by atoms with Crippen LogP contribution in [0.25, 0.3) is 0 Å². The summed E-state index contributed by atoms with van der Waals surface area (Å²) in [6.07, 6.45) is 1.97. The van der Waals surface area contributed by atoms with Gasteiger partial charge in [-0.2, -0.15) is 0 Å². The molecular formula is C11H22N2O2. The first-order valence-electron chi connectivity index (χ1n) is 5.88. The summed E-state index contributed by atoms with van der Waals surface area (Å²) in [4.78, 5) is 2.45. The Kier molecular flexibility index (Phi) is 3.61. The van der Waals surface area contributed by atoms with Crippen LogP contribution < -0.4 is 5.73 Å². The van der Waals surface area contributed by atoms with Gasteiger partial charge in [-0.25, -0.2) is 0 Å². The van der Waals surface area contributed by atoms with Crippen molar-refractivity contribution in [3.8, 4) is 0 Å². The molecule has 0 aliphatic carbocycles. The van der Waals surface area contributed by atoms with E-state index in [9.17, 15) is 0 Å². The molecule has 2 rings (SSSR count). The van der Waals surface area contributed by atoms with Gasteiger partial charge in [0.15, 0.2) is 0 Å². The number of nitrogens with zero attached hydrogens (tertiary/aromatic N) is 1. The molecule has 2 saturated heterocycles. The summed E-state index contributed by atoms with van der Waals surface area (Å²) in [6, 6.07) is 0.502. The van der Waals surface area contributed by atoms with Crippen LogP contribution in [0.3, 0.4) is 0 Å². The molecule has 2 aliphatic rings. The third-order valence-electron chi connectivity index (χ3n) is 3.51. The molecule has 0 bridgehead atoms. The quantitative estimate of drug-likeness (QED) is 0.714. The molecule has 0 aromatic rings. The first kappa shape index (κ1) is 11.3. The smallest absolute Gasteiger partial charge is 0.0619 e. The Bertz CT molecular complexity index is 205. The molecule has 4 nitrogen and oxygen atoms in total. The van der Waals surface area contributed by atoms with Gasteiger partial charge in [-0.3, -0.25) is 4.90 Å². The largest absolute Gasteiger partial charge is 0.381 e. The van der Waals surface area contributed by atoms with Crippen molar-refractivity contribution < 1.29 is 9.47 Å². The molecule has 2 aliphatic heterocycles. The van der Waals surface area contributed by atoms with Crippen molar-refractivity contribution in [3.05, 3.63) is 0 Å². The van der Waals surface area contributed by atoms with Gasteiger partial charge in [-0.15, -0.1) is 0 Å². The van der Waals surface area contributed by atoms with Crippen molar-refractivity contribution in [1.82, 2.24) is 4.90 Å². The standard InChI is InChI=1S/C11H22N2O2/c1-10-8-15-7-4-13(10)9-11(12)2-5-14-6-3-11/h10H,2-9,12H2,1H3. The molecule has 2 N–H and O–H groups in total. The van der Waals surface area contributed by atoms with Gasteiger partial charge in [0.1, 0.15) is 0 Å². The van der Waals surface area contributed by atoms with E-state index < -0.39 is 0 Å². The predicted molar refractivity (Wildman–Crippen MR) is 58.8 cm³/mol. The second kappa shape index (κ2) is 4.78. The molecule has 1 unspecified atom stereocenters. The average molecular weight is 214 g/mol. The van der Waals surface area contributed by atoms with E-state index in [0.717, 1.165) is 52.4 Å². The van der Waals surface area contributed by atoms with Gasteiger partial charge in [-0.05, 0) is 19.8 Å². The van der Waals surface area contributed by atoms with E-state index in [1.807, 2.05) is 0 Å². The monoisotopic (exact) mass is 214 g/mol. The normalized spacial score (nSPS) is 32.8. The molecule has 2 heterocycles. The zero-order valence-corrected chi connectivity index (χ0v) is 9.58. The van der Waals surface area contributed by atoms with Crippen molar-refractivity contribution in [2.75, 3.05) is 39.5 Å². The Hall–Kier alpha value is -0.160. The second-order valence-electron chi connectivity index (χ2n) is 4.87. The average Bonchev–Trinajstić information content (AvgIpc) is 2.22. The number of morpholine rings is 1. The van der Waals surface area contributed by atoms with Crippen LogP contribution in [0, 0.1) is 0 Å². The minimum absolute atomic E-state index is 0.0378. The number of nitrogens with two attached hydrogens (primary N) is 1. The Morgan fingerprint density at radius 1 is 1.27 bits per heavy atom. The molecule has 4 heteroatoms. The fourth-order valence-electron chi connectivity index (χ4n) is 2.34. The van der Waals surface area contributed by atoms with E-state index in [0.29, 0.717) is 6.04 Å². The predicted octanol–water partition coefficient (Wildman–Crippen LogP) is 0.215. The summed E-state index contributed by atoms with van der Waals surface area (Å²) < 4.78 is 10.8. The maximum absolute atomic E-state index is 6.39. The third-order valence-corrected chi connectivity index (χ3v) is 3.51. The highest BCUT2D eigenvalue weighted by atomic mass is 16.5. The lowest BCUT2D eigenvalue weighted by Crippen LogP contribution is -2.57. The Balaban J connectivity index is 1.88. The molecule has 0 saturated carbocycles. The zero-order valence-electron chi connectivity index (χ0n) is 9.58. The van der Waals surface area contributed by atoms with Crippen molar-refractivity contribution in [2.24, 2.45) is 5.73 Å². The van der Waals surface area contributed by atoms with Gasteiger partial charge >= 0.3 is 0 Å². The summed E-state index contributed by atoms with van der Waals surface area (Å²) in [5, 5.41) is 0. The van der Waals surface area contributed by atoms with Crippen LogP contribution in [0.2, 0.25) is 0 Å². The van der Waals surface area contributed by atoms with Gasteiger partial charge in [0.25, 0.3) is 0 Å². The maximum Gasteiger partial charge on any atom is 0.0619 e. The maximum atomic E-state index is 6.39. The van der Waals surface area contributed by atoms with Crippen LogP contribution >= 0.6 is 0 Å². The Morgan fingerprint density at radius 3 is 2.67 bits per heavy atom. The first-order chi connectivity index (χ1) is 7.20. The molecule has 0 aromatic heterocycles. The van der Waals surface area contributed by atoms with Crippen molar-refractivity contribution in [3.63, 3.8) is 0 Å². The Labute approximate surface area is 91.7 Å². The number of hydrogen-bond donors (Lipinski definition) is 1. The highest BCUT2D eigenvalue weighted by Crippen LogP contribution is 2.21. The molecule has 2 fully saturated rings. The molecule has 1 atom stereocenters. The summed E-state index contributed by atoms with van der Waals surface area (Å²) in [7, 11) is 0. The first-order valence-corrected chi connectivity index (χ1v) is 5.88. The fraction of sp³-hybridized carbons (Fsp3) is 1.00. The van der Waals surface area contributed by atoms with Crippen LogP contribution in [0.15, 0.2) is 0 Å². The summed E-state index contributed by atoms with van der Waals surface area (Å²) in [6.45, 7) is 7.53. The highest BCUT2D eigenvalue weighted by molar-refractivity contribution is 4.91. The second-order valence-corrected chi connectivity index (χ2v) is 4.87. The van der Waals surface area contributed by atoms with E-state index in [1.165, 1.54) is 0 Å². The van der Waals surface area contributed by atoms with Crippen LogP contribution in [0.4, 0.5) is 0 Å². The molecule has 88 valence electrons. The van der Waals surface area contributed by atoms with Crippen LogP contribution in [-0.4, -0.2) is 56.0 Å². The lowest BCUT2D eigenvalue weighted by atomic mass is 9.90. The van der Waals surface area contributed by atoms with Crippen LogP contribution in [0.1, 0.15) is 19.8 Å². The molecule has 0 amide bonds. The lowest BCUT2D eigenvalue weighted by Gasteiger charge is -2.42. The summed E-state index contributed by atoms with van der Waals surface area (Å²) in [5.74, 6) is 0. The minimum atomic E-state index is -0.0378. The molecule has 0 radical (unpaired) electrons. The SMILES string of the molecule is CC1COCCN1CC1(N)CCOCC1. The van der Waals surface area contributed by atoms with Gasteiger partial charge in [0.05, 0.1) is 13.2 Å². The minimum Gasteiger partial charge on any atom is -0.381 e. The van der Waals surface area contributed by atoms with E-state index in [4.69, 9.17) is 15.2 Å². The van der Waals surface area contributed by atoms with E-state index in [-0.39, 0.29) is 5.54 Å². The van der Waals surface area contributed by atoms with Gasteiger partial charge < -0.3 is 15.2 Å². The van der Waals surface area contributed by atoms with Gasteiger partial charge in [0, 0.05) is 37.9 Å². The number of rotatable bonds is 2. The Morgan fingerprint density at radius 2 is 2.00 bits per heavy atom. The van der Waals surface area contributed by atoms with E-state index >= 15 is 0 Å². The van der Waals surface area contributed by atoms with E-state index in [1.54, 1.807) is 0 Å². The van der Waals surface area contributed by atoms with Crippen molar-refractivity contribution >= 4 is 0 Å². The number of ether oxygens (including phenoxy) is 2. The highest BCUT2D eigenvalue weighted by Gasteiger charge is 2.32. The third kappa shape index (κ3) is 2.91. The lowest BCUT2D eigenvalue weighted by molar-refractivity contribution is -0.0260. The van der Waals surface area contributed by atoms with Gasteiger partial charge in [-0.1, -0.05) is 0 Å². The van der Waals surface area contributed by atoms with Crippen molar-refractivity contribution in [2.45, 2.75) is 31.3 Å². The number of hydrogen-bond acceptors (Lipinski definition) is 4. The molecule has 15 heavy (non-hydrogen) atoms. The fourth-order valence-corrected chi connectivity index (χ4v) is 2.34. The van der Waals surface area contributed by atoms with E-state index in [2.05, 4.69) is 11.8 Å². The topological polar surface area (TPSA) is 47.7 Å².